The molecule has 2 fully saturated rings. The first-order valence-corrected chi connectivity index (χ1v) is 7.54. The lowest BCUT2D eigenvalue weighted by atomic mass is 9.77. The van der Waals surface area contributed by atoms with Gasteiger partial charge >= 0.3 is 5.97 Å². The first-order valence-electron chi connectivity index (χ1n) is 7.54. The molecule has 0 N–H and O–H groups in total. The van der Waals surface area contributed by atoms with Crippen molar-refractivity contribution in [2.45, 2.75) is 37.8 Å². The van der Waals surface area contributed by atoms with Gasteiger partial charge in [-0.15, -0.1) is 0 Å². The number of carbonyl (C=O) groups is 1. The number of piperidine rings is 1. The normalized spacial score (nSPS) is 33.1. The molecule has 0 aromatic heterocycles. The first-order chi connectivity index (χ1) is 9.70. The highest BCUT2D eigenvalue weighted by Crippen LogP contribution is 2.43. The van der Waals surface area contributed by atoms with E-state index < -0.39 is 0 Å². The molecule has 0 saturated carbocycles. The zero-order valence-corrected chi connectivity index (χ0v) is 12.3. The topological polar surface area (TPSA) is 29.5 Å². The Morgan fingerprint density at radius 3 is 2.75 bits per heavy atom. The van der Waals surface area contributed by atoms with Gasteiger partial charge in [0.25, 0.3) is 0 Å². The van der Waals surface area contributed by atoms with Crippen LogP contribution < -0.4 is 0 Å². The third-order valence-electron chi connectivity index (χ3n) is 5.21. The Balaban J connectivity index is 1.82. The van der Waals surface area contributed by atoms with Crippen LogP contribution in [-0.4, -0.2) is 37.1 Å². The highest BCUT2D eigenvalue weighted by molar-refractivity contribution is 5.74. The van der Waals surface area contributed by atoms with E-state index in [9.17, 15) is 4.79 Å². The van der Waals surface area contributed by atoms with Crippen LogP contribution >= 0.6 is 0 Å². The van der Waals surface area contributed by atoms with Crippen LogP contribution in [0.2, 0.25) is 0 Å². The Morgan fingerprint density at radius 1 is 1.30 bits per heavy atom. The minimum Gasteiger partial charge on any atom is -0.469 e. The third-order valence-corrected chi connectivity index (χ3v) is 5.21. The molecule has 0 amide bonds. The van der Waals surface area contributed by atoms with E-state index in [-0.39, 0.29) is 11.9 Å². The summed E-state index contributed by atoms with van der Waals surface area (Å²) in [7, 11) is 3.68. The molecule has 1 aromatic carbocycles. The molecule has 3 nitrogen and oxygen atoms in total. The summed E-state index contributed by atoms with van der Waals surface area (Å²) in [4.78, 5) is 14.7. The number of benzene rings is 1. The highest BCUT2D eigenvalue weighted by atomic mass is 16.5. The molecule has 2 aliphatic heterocycles. The van der Waals surface area contributed by atoms with Gasteiger partial charge in [0, 0.05) is 12.1 Å². The van der Waals surface area contributed by atoms with Crippen LogP contribution in [0.1, 0.15) is 24.8 Å². The van der Waals surface area contributed by atoms with Crippen molar-refractivity contribution < 1.29 is 9.53 Å². The summed E-state index contributed by atoms with van der Waals surface area (Å²) < 4.78 is 5.09. The standard InChI is InChI=1S/C17H23NO2/c1-18-14-8-9-15(18)16(17(19)20-2)13(11-14)10-12-6-4-3-5-7-12/h3-7,13-16H,8-11H2,1-2H3/t13-,14-,15-,16+/m1/s1. The zero-order valence-electron chi connectivity index (χ0n) is 12.3. The lowest BCUT2D eigenvalue weighted by molar-refractivity contribution is -0.152. The molecule has 2 heterocycles. The highest BCUT2D eigenvalue weighted by Gasteiger charge is 2.48. The van der Waals surface area contributed by atoms with Gasteiger partial charge in [-0.25, -0.2) is 0 Å². The average molecular weight is 273 g/mol. The predicted molar refractivity (Wildman–Crippen MR) is 78.3 cm³/mol. The van der Waals surface area contributed by atoms with E-state index >= 15 is 0 Å². The minimum atomic E-state index is -0.0249. The van der Waals surface area contributed by atoms with E-state index in [0.717, 1.165) is 19.3 Å². The summed E-state index contributed by atoms with van der Waals surface area (Å²) in [5.74, 6) is 0.422. The number of hydrogen-bond donors (Lipinski definition) is 0. The van der Waals surface area contributed by atoms with Crippen LogP contribution in [0.15, 0.2) is 30.3 Å². The lowest BCUT2D eigenvalue weighted by Gasteiger charge is -2.41. The molecule has 3 heteroatoms. The number of fused-ring (bicyclic) bond motifs is 2. The molecule has 0 aliphatic carbocycles. The molecule has 108 valence electrons. The molecule has 0 spiro atoms. The number of carbonyl (C=O) groups excluding carboxylic acids is 1. The zero-order chi connectivity index (χ0) is 14.1. The fraction of sp³-hybridized carbons (Fsp3) is 0.588. The Kier molecular flexibility index (Phi) is 3.79. The third kappa shape index (κ3) is 2.35. The van der Waals surface area contributed by atoms with Crippen LogP contribution in [0.5, 0.6) is 0 Å². The van der Waals surface area contributed by atoms with Crippen LogP contribution in [0.3, 0.4) is 0 Å². The SMILES string of the molecule is COC(=O)[C@H]1[C@H](Cc2ccccc2)C[C@H]2CC[C@H]1N2C. The Morgan fingerprint density at radius 2 is 2.05 bits per heavy atom. The fourth-order valence-corrected chi connectivity index (χ4v) is 4.18. The largest absolute Gasteiger partial charge is 0.469 e. The van der Waals surface area contributed by atoms with E-state index in [0.29, 0.717) is 18.0 Å². The summed E-state index contributed by atoms with van der Waals surface area (Å²) in [6, 6.07) is 11.5. The van der Waals surface area contributed by atoms with E-state index in [1.807, 2.05) is 6.07 Å². The predicted octanol–water partition coefficient (Wildman–Crippen LogP) is 2.50. The van der Waals surface area contributed by atoms with Crippen molar-refractivity contribution in [3.05, 3.63) is 35.9 Å². The van der Waals surface area contributed by atoms with E-state index in [2.05, 4.69) is 36.2 Å². The second kappa shape index (κ2) is 5.57. The Bertz CT molecular complexity index is 473. The van der Waals surface area contributed by atoms with Crippen molar-refractivity contribution in [1.29, 1.82) is 0 Å². The molecular weight excluding hydrogens is 250 g/mol. The molecule has 0 unspecified atom stereocenters. The smallest absolute Gasteiger partial charge is 0.310 e. The van der Waals surface area contributed by atoms with Gasteiger partial charge in [0.15, 0.2) is 0 Å². The van der Waals surface area contributed by atoms with Gasteiger partial charge in [-0.1, -0.05) is 30.3 Å². The summed E-state index contributed by atoms with van der Waals surface area (Å²) in [6.45, 7) is 0. The summed E-state index contributed by atoms with van der Waals surface area (Å²) in [5.41, 5.74) is 1.33. The Labute approximate surface area is 120 Å². The van der Waals surface area contributed by atoms with E-state index in [1.165, 1.54) is 19.1 Å². The lowest BCUT2D eigenvalue weighted by Crippen LogP contribution is -2.50. The van der Waals surface area contributed by atoms with E-state index in [4.69, 9.17) is 4.74 Å². The van der Waals surface area contributed by atoms with Gasteiger partial charge < -0.3 is 4.74 Å². The second-order valence-corrected chi connectivity index (χ2v) is 6.20. The van der Waals surface area contributed by atoms with Crippen molar-refractivity contribution in [3.8, 4) is 0 Å². The number of rotatable bonds is 3. The fourth-order valence-electron chi connectivity index (χ4n) is 4.18. The van der Waals surface area contributed by atoms with Gasteiger partial charge in [-0.2, -0.15) is 0 Å². The molecule has 4 atom stereocenters. The minimum absolute atomic E-state index is 0.0249. The van der Waals surface area contributed by atoms with Gasteiger partial charge in [0.1, 0.15) is 0 Å². The molecule has 2 bridgehead atoms. The van der Waals surface area contributed by atoms with Crippen molar-refractivity contribution in [2.24, 2.45) is 11.8 Å². The van der Waals surface area contributed by atoms with E-state index in [1.54, 1.807) is 0 Å². The maximum atomic E-state index is 12.3. The molecule has 2 saturated heterocycles. The summed E-state index contributed by atoms with van der Waals surface area (Å²) in [6.07, 6.45) is 4.45. The number of methoxy groups -OCH3 is 1. The van der Waals surface area contributed by atoms with Crippen LogP contribution in [-0.2, 0) is 16.0 Å². The molecule has 1 aromatic rings. The number of hydrogen-bond acceptors (Lipinski definition) is 3. The number of ether oxygens (including phenoxy) is 1. The summed E-state index contributed by atoms with van der Waals surface area (Å²) >= 11 is 0. The quantitative estimate of drug-likeness (QED) is 0.793. The number of esters is 1. The maximum Gasteiger partial charge on any atom is 0.310 e. The van der Waals surface area contributed by atoms with Gasteiger partial charge in [-0.3, -0.25) is 9.69 Å². The van der Waals surface area contributed by atoms with Gasteiger partial charge in [-0.05, 0) is 44.2 Å². The molecule has 0 radical (unpaired) electrons. The van der Waals surface area contributed by atoms with Crippen LogP contribution in [0.4, 0.5) is 0 Å². The summed E-state index contributed by atoms with van der Waals surface area (Å²) in [5, 5.41) is 0. The van der Waals surface area contributed by atoms with Crippen LogP contribution in [0.25, 0.3) is 0 Å². The van der Waals surface area contributed by atoms with Gasteiger partial charge in [0.05, 0.1) is 13.0 Å². The van der Waals surface area contributed by atoms with Crippen LogP contribution in [0, 0.1) is 11.8 Å². The molecular formula is C17H23NO2. The van der Waals surface area contributed by atoms with Crippen molar-refractivity contribution in [3.63, 3.8) is 0 Å². The van der Waals surface area contributed by atoms with Crippen molar-refractivity contribution >= 4 is 5.97 Å². The second-order valence-electron chi connectivity index (χ2n) is 6.20. The maximum absolute atomic E-state index is 12.3. The monoisotopic (exact) mass is 273 g/mol. The first kappa shape index (κ1) is 13.6. The molecule has 2 aliphatic rings. The van der Waals surface area contributed by atoms with Crippen molar-refractivity contribution in [1.82, 2.24) is 4.90 Å². The average Bonchev–Trinajstić information content (AvgIpc) is 2.72. The molecule has 20 heavy (non-hydrogen) atoms. The van der Waals surface area contributed by atoms with Gasteiger partial charge in [0.2, 0.25) is 0 Å². The molecule has 3 rings (SSSR count). The van der Waals surface area contributed by atoms with Crippen molar-refractivity contribution in [2.75, 3.05) is 14.2 Å². The Hall–Kier alpha value is -1.35. The number of nitrogens with zero attached hydrogens (tertiary/aromatic N) is 1.